The summed E-state index contributed by atoms with van der Waals surface area (Å²) in [6.45, 7) is 7.56. The minimum absolute atomic E-state index is 0. The van der Waals surface area contributed by atoms with E-state index in [-0.39, 0.29) is 87.3 Å². The summed E-state index contributed by atoms with van der Waals surface area (Å²) in [6.07, 6.45) is 0.714. The molecule has 0 bridgehead atoms. The fraction of sp³-hybridized carbons (Fsp3) is 0.617. The van der Waals surface area contributed by atoms with Gasteiger partial charge in [-0.25, -0.2) is 0 Å². The number of halogens is 1. The molecule has 3 saturated heterocycles. The Bertz CT molecular complexity index is 2390. The van der Waals surface area contributed by atoms with Gasteiger partial charge in [0.2, 0.25) is 17.3 Å². The molecule has 7 rings (SSSR count). The highest BCUT2D eigenvalue weighted by atomic mass is 127. The van der Waals surface area contributed by atoms with E-state index in [4.69, 9.17) is 69.8 Å². The van der Waals surface area contributed by atoms with E-state index in [9.17, 15) is 18.8 Å². The van der Waals surface area contributed by atoms with Crippen LogP contribution in [0, 0.1) is 0 Å². The Balaban J connectivity index is 0.00000869. The number of para-hydroxylation sites is 3. The van der Waals surface area contributed by atoms with Crippen LogP contribution < -0.4 is 48.4 Å². The molecule has 2 aromatic carbocycles. The summed E-state index contributed by atoms with van der Waals surface area (Å²) in [5.41, 5.74) is 3.19. The first kappa shape index (κ1) is 60.4. The van der Waals surface area contributed by atoms with Crippen LogP contribution in [0.3, 0.4) is 0 Å². The number of phosphoric ester groups is 1. The van der Waals surface area contributed by atoms with Crippen molar-refractivity contribution in [2.45, 2.75) is 133 Å². The molecule has 390 valence electrons. The summed E-state index contributed by atoms with van der Waals surface area (Å²) in [5.74, 6) is 2.79. The van der Waals surface area contributed by atoms with Crippen molar-refractivity contribution in [3.05, 3.63) is 72.2 Å². The molecular weight excluding hydrogens is 1110 g/mol. The number of benzene rings is 2. The number of amides is 1. The van der Waals surface area contributed by atoms with E-state index in [0.29, 0.717) is 12.2 Å². The number of carbonyl (C=O) groups is 1. The van der Waals surface area contributed by atoms with Gasteiger partial charge in [0.25, 0.3) is 7.82 Å². The molecule has 26 heteroatoms. The highest BCUT2D eigenvalue weighted by molar-refractivity contribution is 7.99. The molecule has 0 aliphatic carbocycles. The highest BCUT2D eigenvalue weighted by Crippen LogP contribution is 2.52. The van der Waals surface area contributed by atoms with Gasteiger partial charge in [0.1, 0.15) is 32.7 Å². The van der Waals surface area contributed by atoms with Crippen LogP contribution >= 0.6 is 27.2 Å². The smallest absolute Gasteiger partial charge is 0.332 e. The van der Waals surface area contributed by atoms with Gasteiger partial charge < -0.3 is 85.6 Å². The van der Waals surface area contributed by atoms with E-state index >= 15 is 0 Å². The molecule has 1 N–H and O–H groups in total. The van der Waals surface area contributed by atoms with Gasteiger partial charge in [-0.05, 0) is 76.5 Å². The molecule has 3 aromatic rings. The zero-order chi connectivity index (χ0) is 51.4. The number of carbonyl (C=O) groups excluding carboxylic acids is 1. The normalized spacial score (nSPS) is 26.9. The summed E-state index contributed by atoms with van der Waals surface area (Å²) in [5, 5.41) is 3.98. The van der Waals surface area contributed by atoms with E-state index in [0.717, 1.165) is 52.5 Å². The van der Waals surface area contributed by atoms with Crippen LogP contribution in [-0.4, -0.2) is 161 Å². The van der Waals surface area contributed by atoms with Crippen molar-refractivity contribution < 1.29 is 93.9 Å². The fourth-order valence-electron chi connectivity index (χ4n) is 8.87. The second-order valence-corrected chi connectivity index (χ2v) is 23.4. The Kier molecular flexibility index (Phi) is 23.7. The first-order chi connectivity index (χ1) is 34.5. The number of fused-ring (bicyclic) bond motifs is 2. The predicted molar refractivity (Wildman–Crippen MR) is 279 cm³/mol. The van der Waals surface area contributed by atoms with Crippen molar-refractivity contribution in [3.8, 4) is 5.75 Å². The fourth-order valence-corrected chi connectivity index (χ4v) is 12.4. The van der Waals surface area contributed by atoms with E-state index in [1.165, 1.54) is 14.3 Å². The maximum Gasteiger partial charge on any atom is 0.332 e. The van der Waals surface area contributed by atoms with Crippen molar-refractivity contribution >= 4 is 93.4 Å². The van der Waals surface area contributed by atoms with Crippen molar-refractivity contribution in [1.82, 2.24) is 5.32 Å². The first-order valence-corrected chi connectivity index (χ1v) is 29.0. The lowest BCUT2D eigenvalue weighted by atomic mass is 9.51. The monoisotopic (exact) mass is 1170 g/mol. The Labute approximate surface area is 457 Å². The Morgan fingerprint density at radius 1 is 0.890 bits per heavy atom. The largest absolute Gasteiger partial charge is 1.00 e. The molecule has 1 aromatic heterocycles. The Morgan fingerprint density at radius 2 is 1.56 bits per heavy atom. The molecule has 3 fully saturated rings. The second-order valence-electron chi connectivity index (χ2n) is 18.7. The summed E-state index contributed by atoms with van der Waals surface area (Å²) in [6, 6.07) is 16.5. The third-order valence-corrected chi connectivity index (χ3v) is 16.4. The second kappa shape index (κ2) is 28.7. The number of aromatic nitrogens is 1. The Hall–Kier alpha value is -1.88. The molecule has 0 spiro atoms. The highest BCUT2D eigenvalue weighted by Gasteiger charge is 2.44. The number of hydrogen-bond donors (Lipinski definition) is 1. The zero-order valence-electron chi connectivity index (χ0n) is 42.1. The van der Waals surface area contributed by atoms with Gasteiger partial charge in [0.05, 0.1) is 81.9 Å². The van der Waals surface area contributed by atoms with Gasteiger partial charge >= 0.3 is 7.60 Å². The average molecular weight is 1170 g/mol. The van der Waals surface area contributed by atoms with E-state index in [1.54, 1.807) is 11.8 Å². The molecule has 5 heterocycles. The molecule has 17 nitrogen and oxygen atoms in total. The van der Waals surface area contributed by atoms with Crippen LogP contribution in [0.2, 0.25) is 0 Å². The summed E-state index contributed by atoms with van der Waals surface area (Å²) >= 11 is 1.68. The number of aryl methyl sites for hydroxylation is 1. The van der Waals surface area contributed by atoms with E-state index in [2.05, 4.69) is 40.4 Å². The molecular formula is C47H64B5IN3O14P2S-. The molecule has 8 radical (unpaired) electrons. The molecule has 1 amide bonds. The number of hydrogen-bond acceptors (Lipinski definition) is 16. The molecule has 0 saturated carbocycles. The number of nitrogens with zero attached hydrogens (tertiary/aromatic N) is 2. The van der Waals surface area contributed by atoms with Crippen LogP contribution in [0.25, 0.3) is 17.0 Å². The number of ether oxygens (including phenoxy) is 6. The van der Waals surface area contributed by atoms with Crippen molar-refractivity contribution in [2.75, 3.05) is 56.0 Å². The van der Waals surface area contributed by atoms with Gasteiger partial charge in [-0.2, -0.15) is 16.3 Å². The standard InChI is InChI=1S/C47H64B5N3O14P2S.HI/c1-30(2)60-27-40-38(24-43(48)64-40)69-71(58,59)62-29-42-39(26-45(52-50)66-42)68-70(57,61-28-41-37(63-31(3)4)25-44(51-49)65-41)20-17-53-46(56)16-22-72-21-10-18-55-19-15-32(33-11-6-7-12-34(33)55)23-47-54(5)35-13-8-9-14-36(35)67-47;/h6-9,11-15,19,23,30-31,37-45H,10,16-18,20-22,24-29H2,1-5H3,(H-,53,56,58,59);1H/p-1. The molecule has 4 aliphatic rings. The third-order valence-electron chi connectivity index (χ3n) is 12.4. The molecule has 11 atom stereocenters. The lowest BCUT2D eigenvalue weighted by Gasteiger charge is -2.31. The number of thioether (sulfide) groups is 1. The summed E-state index contributed by atoms with van der Waals surface area (Å²) in [7, 11) is 13.3. The van der Waals surface area contributed by atoms with Gasteiger partial charge in [-0.3, -0.25) is 13.9 Å². The summed E-state index contributed by atoms with van der Waals surface area (Å²) < 4.78 is 88.7. The lowest BCUT2D eigenvalue weighted by Crippen LogP contribution is -3.00. The average Bonchev–Trinajstić information content (AvgIpc) is 4.11. The van der Waals surface area contributed by atoms with Gasteiger partial charge in [0.15, 0.2) is 11.9 Å². The Morgan fingerprint density at radius 3 is 2.29 bits per heavy atom. The summed E-state index contributed by atoms with van der Waals surface area (Å²) in [4.78, 5) is 28.3. The van der Waals surface area contributed by atoms with Crippen LogP contribution in [0.4, 0.5) is 5.69 Å². The van der Waals surface area contributed by atoms with Crippen LogP contribution in [0.1, 0.15) is 65.4 Å². The SMILES string of the molecule is [B][B]C1CC(OC(C)C)C(COP(=O)(CCNC(=O)CCSCCC[n+]2ccc(C=C3Oc4ccccc4N3C)c3ccccc32)OC2CC([B][B])OC2COP(=O)([O-])OC2CC([B])OC2COC(C)C)O1.[I-]. The molecule has 4 aliphatic heterocycles. The van der Waals surface area contributed by atoms with Crippen LogP contribution in [-0.2, 0) is 62.2 Å². The number of nitrogens with one attached hydrogen (secondary N) is 1. The van der Waals surface area contributed by atoms with Crippen molar-refractivity contribution in [2.24, 2.45) is 0 Å². The third kappa shape index (κ3) is 17.6. The quantitative estimate of drug-likeness (QED) is 0.0361. The zero-order valence-corrected chi connectivity index (χ0v) is 46.8. The number of pyridine rings is 1. The number of rotatable bonds is 28. The van der Waals surface area contributed by atoms with Crippen molar-refractivity contribution in [3.63, 3.8) is 0 Å². The van der Waals surface area contributed by atoms with E-state index in [1.807, 2.05) is 76.0 Å². The van der Waals surface area contributed by atoms with Crippen molar-refractivity contribution in [1.29, 1.82) is 0 Å². The molecule has 73 heavy (non-hydrogen) atoms. The minimum Gasteiger partial charge on any atom is -1.00 e. The van der Waals surface area contributed by atoms with Crippen LogP contribution in [0.15, 0.2) is 66.7 Å². The first-order valence-electron chi connectivity index (χ1n) is 24.6. The number of anilines is 1. The van der Waals surface area contributed by atoms with Crippen LogP contribution in [0.5, 0.6) is 5.75 Å². The topological polar surface area (TPSA) is 186 Å². The molecule has 11 unspecified atom stereocenters. The van der Waals surface area contributed by atoms with Gasteiger partial charge in [-0.1, -0.05) is 24.3 Å². The maximum absolute atomic E-state index is 14.8. The van der Waals surface area contributed by atoms with E-state index < -0.39 is 76.7 Å². The van der Waals surface area contributed by atoms with Gasteiger partial charge in [0, 0.05) is 83.9 Å². The maximum atomic E-state index is 14.8. The number of phosphoric acid groups is 1. The lowest BCUT2D eigenvalue weighted by molar-refractivity contribution is -0.671. The predicted octanol–water partition coefficient (Wildman–Crippen LogP) is 1.36. The minimum atomic E-state index is -4.97. The van der Waals surface area contributed by atoms with Gasteiger partial charge in [-0.15, -0.1) is 0 Å².